The number of nitrogens with zero attached hydrogens (tertiary/aromatic N) is 3. The topological polar surface area (TPSA) is 70.2 Å². The Morgan fingerprint density at radius 1 is 0.700 bits per heavy atom. The van der Waals surface area contributed by atoms with Crippen LogP contribution in [0.1, 0.15) is 0 Å². The van der Waals surface area contributed by atoms with Crippen molar-refractivity contribution in [2.24, 2.45) is 0 Å². The summed E-state index contributed by atoms with van der Waals surface area (Å²) in [6, 6.07) is 0. The lowest BCUT2D eigenvalue weighted by Gasteiger charge is -1.88. The maximum Gasteiger partial charge on any atom is 0.227 e. The monoisotopic (exact) mass is 201 g/mol. The first-order valence-electron chi connectivity index (χ1n) is 1.91. The lowest BCUT2D eigenvalue weighted by molar-refractivity contribution is 0.824. The van der Waals surface area contributed by atoms with Crippen LogP contribution < -0.4 is 0 Å². The SMILES string of the molecule is Clc1nc(Cl)nc(Cl)n1.O. The molecule has 10 heavy (non-hydrogen) atoms. The van der Waals surface area contributed by atoms with Gasteiger partial charge >= 0.3 is 0 Å². The molecule has 0 fully saturated rings. The smallest absolute Gasteiger partial charge is 0.227 e. The van der Waals surface area contributed by atoms with E-state index in [0.717, 1.165) is 0 Å². The second kappa shape index (κ2) is 3.88. The van der Waals surface area contributed by atoms with Crippen molar-refractivity contribution in [3.05, 3.63) is 15.9 Å². The molecule has 1 heterocycles. The summed E-state index contributed by atoms with van der Waals surface area (Å²) in [5.74, 6) is 0. The Morgan fingerprint density at radius 2 is 0.900 bits per heavy atom. The lowest BCUT2D eigenvalue weighted by Crippen LogP contribution is -1.87. The Kier molecular flexibility index (Phi) is 3.81. The molecule has 0 saturated carbocycles. The van der Waals surface area contributed by atoms with E-state index >= 15 is 0 Å². The number of halogens is 3. The number of aromatic nitrogens is 3. The quantitative estimate of drug-likeness (QED) is 0.630. The summed E-state index contributed by atoms with van der Waals surface area (Å²) in [6.07, 6.45) is 0. The second-order valence-electron chi connectivity index (χ2n) is 1.14. The molecule has 2 N–H and O–H groups in total. The maximum atomic E-state index is 5.32. The Hall–Kier alpha value is -0.160. The zero-order valence-corrected chi connectivity index (χ0v) is 6.74. The summed E-state index contributed by atoms with van der Waals surface area (Å²) in [5.41, 5.74) is 0. The molecule has 0 aliphatic rings. The minimum Gasteiger partial charge on any atom is -0.412 e. The van der Waals surface area contributed by atoms with Crippen molar-refractivity contribution in [1.29, 1.82) is 0 Å². The molecule has 1 aromatic rings. The minimum absolute atomic E-state index is 0. The molecule has 0 radical (unpaired) electrons. The van der Waals surface area contributed by atoms with Crippen LogP contribution in [-0.2, 0) is 0 Å². The summed E-state index contributed by atoms with van der Waals surface area (Å²) in [5, 5.41) is 0.00000000000000178. The van der Waals surface area contributed by atoms with E-state index in [-0.39, 0.29) is 21.3 Å². The molecule has 0 unspecified atom stereocenters. The van der Waals surface area contributed by atoms with Gasteiger partial charge in [-0.2, -0.15) is 15.0 Å². The van der Waals surface area contributed by atoms with Gasteiger partial charge < -0.3 is 5.48 Å². The van der Waals surface area contributed by atoms with Crippen molar-refractivity contribution < 1.29 is 5.48 Å². The van der Waals surface area contributed by atoms with Gasteiger partial charge in [0.1, 0.15) is 0 Å². The molecule has 7 heteroatoms. The molecular formula is C3H2Cl3N3O. The Bertz CT molecular complexity index is 180. The van der Waals surface area contributed by atoms with Gasteiger partial charge in [-0.1, -0.05) is 0 Å². The molecule has 0 aliphatic carbocycles. The molecule has 0 bridgehead atoms. The van der Waals surface area contributed by atoms with E-state index in [1.54, 1.807) is 0 Å². The van der Waals surface area contributed by atoms with E-state index in [2.05, 4.69) is 15.0 Å². The van der Waals surface area contributed by atoms with Crippen LogP contribution in [0.4, 0.5) is 0 Å². The summed E-state index contributed by atoms with van der Waals surface area (Å²) in [4.78, 5) is 10.4. The molecule has 1 aromatic heterocycles. The highest BCUT2D eigenvalue weighted by Gasteiger charge is 1.97. The predicted octanol–water partition coefficient (Wildman–Crippen LogP) is 1.01. The van der Waals surface area contributed by atoms with Crippen LogP contribution >= 0.6 is 34.8 Å². The largest absolute Gasteiger partial charge is 0.412 e. The fourth-order valence-corrected chi connectivity index (χ4v) is 0.913. The number of hydrogen-bond donors (Lipinski definition) is 0. The van der Waals surface area contributed by atoms with Gasteiger partial charge in [0.05, 0.1) is 0 Å². The minimum atomic E-state index is 0. The van der Waals surface area contributed by atoms with Crippen molar-refractivity contribution in [1.82, 2.24) is 15.0 Å². The molecule has 0 aromatic carbocycles. The van der Waals surface area contributed by atoms with Crippen molar-refractivity contribution in [2.45, 2.75) is 0 Å². The van der Waals surface area contributed by atoms with Crippen LogP contribution in [0.15, 0.2) is 0 Å². The zero-order valence-electron chi connectivity index (χ0n) is 4.48. The molecular weight excluding hydrogens is 200 g/mol. The van der Waals surface area contributed by atoms with Crippen LogP contribution in [0, 0.1) is 0 Å². The maximum absolute atomic E-state index is 5.32. The van der Waals surface area contributed by atoms with Gasteiger partial charge in [0.2, 0.25) is 15.9 Å². The molecule has 0 amide bonds. The van der Waals surface area contributed by atoms with Gasteiger partial charge in [0.15, 0.2) is 0 Å². The van der Waals surface area contributed by atoms with Crippen LogP contribution in [-0.4, -0.2) is 20.4 Å². The lowest BCUT2D eigenvalue weighted by atomic mass is 11.1. The summed E-state index contributed by atoms with van der Waals surface area (Å²) in [7, 11) is 0. The molecule has 0 spiro atoms. The van der Waals surface area contributed by atoms with Crippen LogP contribution in [0.2, 0.25) is 15.9 Å². The average Bonchev–Trinajstić information content (AvgIpc) is 1.59. The predicted molar refractivity (Wildman–Crippen MR) is 38.5 cm³/mol. The fraction of sp³-hybridized carbons (Fsp3) is 0. The Morgan fingerprint density at radius 3 is 1.10 bits per heavy atom. The van der Waals surface area contributed by atoms with Gasteiger partial charge in [0, 0.05) is 0 Å². The third-order valence-electron chi connectivity index (χ3n) is 0.554. The number of rotatable bonds is 0. The van der Waals surface area contributed by atoms with E-state index in [9.17, 15) is 0 Å². The summed E-state index contributed by atoms with van der Waals surface area (Å²) >= 11 is 16.0. The van der Waals surface area contributed by atoms with Crippen LogP contribution in [0.25, 0.3) is 0 Å². The first-order chi connectivity index (χ1) is 4.18. The molecule has 0 atom stereocenters. The van der Waals surface area contributed by atoms with Crippen molar-refractivity contribution in [2.75, 3.05) is 0 Å². The van der Waals surface area contributed by atoms with E-state index in [4.69, 9.17) is 34.8 Å². The first kappa shape index (κ1) is 9.84. The summed E-state index contributed by atoms with van der Waals surface area (Å²) in [6.45, 7) is 0. The van der Waals surface area contributed by atoms with Crippen molar-refractivity contribution in [3.63, 3.8) is 0 Å². The van der Waals surface area contributed by atoms with Gasteiger partial charge in [-0.3, -0.25) is 0 Å². The third-order valence-corrected chi connectivity index (χ3v) is 1.06. The van der Waals surface area contributed by atoms with Gasteiger partial charge in [-0.25, -0.2) is 0 Å². The Labute approximate surface area is 71.5 Å². The normalized spacial score (nSPS) is 8.70. The standard InChI is InChI=1S/C3Cl3N3.H2O/c4-1-7-2(5)9-3(6)8-1;/h;1H2. The van der Waals surface area contributed by atoms with Crippen molar-refractivity contribution in [3.8, 4) is 0 Å². The van der Waals surface area contributed by atoms with E-state index in [1.807, 2.05) is 0 Å². The number of hydrogen-bond acceptors (Lipinski definition) is 3. The van der Waals surface area contributed by atoms with Gasteiger partial charge in [0.25, 0.3) is 0 Å². The molecule has 4 nitrogen and oxygen atoms in total. The summed E-state index contributed by atoms with van der Waals surface area (Å²) < 4.78 is 0. The highest BCUT2D eigenvalue weighted by Crippen LogP contribution is 2.08. The highest BCUT2D eigenvalue weighted by atomic mass is 35.5. The van der Waals surface area contributed by atoms with Crippen LogP contribution in [0.3, 0.4) is 0 Å². The molecule has 0 aliphatic heterocycles. The van der Waals surface area contributed by atoms with Gasteiger partial charge in [-0.05, 0) is 34.8 Å². The molecule has 1 rings (SSSR count). The average molecular weight is 202 g/mol. The van der Waals surface area contributed by atoms with E-state index in [0.29, 0.717) is 0 Å². The Balaban J connectivity index is 0.000000810. The first-order valence-corrected chi connectivity index (χ1v) is 3.04. The fourth-order valence-electron chi connectivity index (χ4n) is 0.303. The molecule has 0 saturated heterocycles. The molecule has 56 valence electrons. The third kappa shape index (κ3) is 2.62. The zero-order chi connectivity index (χ0) is 6.85. The van der Waals surface area contributed by atoms with Crippen molar-refractivity contribution >= 4 is 34.8 Å². The highest BCUT2D eigenvalue weighted by molar-refractivity contribution is 6.33. The van der Waals surface area contributed by atoms with E-state index < -0.39 is 0 Å². The second-order valence-corrected chi connectivity index (χ2v) is 2.16. The van der Waals surface area contributed by atoms with Gasteiger partial charge in [-0.15, -0.1) is 0 Å². The van der Waals surface area contributed by atoms with Crippen LogP contribution in [0.5, 0.6) is 0 Å². The van der Waals surface area contributed by atoms with E-state index in [1.165, 1.54) is 0 Å².